The molecule has 1 aromatic rings. The zero-order valence-corrected chi connectivity index (χ0v) is 14.0. The van der Waals surface area contributed by atoms with Gasteiger partial charge in [0.2, 0.25) is 5.91 Å². The van der Waals surface area contributed by atoms with Crippen molar-refractivity contribution in [2.24, 2.45) is 5.92 Å². The van der Waals surface area contributed by atoms with Crippen molar-refractivity contribution in [2.45, 2.75) is 33.1 Å². The van der Waals surface area contributed by atoms with Gasteiger partial charge in [0.05, 0.1) is 6.54 Å². The van der Waals surface area contributed by atoms with Gasteiger partial charge in [-0.2, -0.15) is 0 Å². The van der Waals surface area contributed by atoms with E-state index in [1.807, 2.05) is 32.0 Å². The Labute approximate surface area is 137 Å². The summed E-state index contributed by atoms with van der Waals surface area (Å²) in [4.78, 5) is 23.7. The number of nitrogens with one attached hydrogen (secondary N) is 2. The van der Waals surface area contributed by atoms with Crippen molar-refractivity contribution in [3.63, 3.8) is 0 Å². The minimum absolute atomic E-state index is 0.00520. The van der Waals surface area contributed by atoms with Crippen LogP contribution in [0.5, 0.6) is 0 Å². The molecule has 2 rings (SSSR count). The Morgan fingerprint density at radius 3 is 2.48 bits per heavy atom. The van der Waals surface area contributed by atoms with Crippen LogP contribution in [0.25, 0.3) is 0 Å². The molecule has 5 heteroatoms. The number of carbonyl (C=O) groups is 2. The van der Waals surface area contributed by atoms with Crippen molar-refractivity contribution < 1.29 is 14.3 Å². The molecule has 0 unspecified atom stereocenters. The van der Waals surface area contributed by atoms with E-state index in [2.05, 4.69) is 10.6 Å². The molecular weight excluding hydrogens is 292 g/mol. The predicted octanol–water partition coefficient (Wildman–Crippen LogP) is 1.97. The SMILES string of the molecule is Cc1cc(C)cc(C(=O)NCC(=O)NCCCOCC2CC2)c1. The number of carbonyl (C=O) groups excluding carboxylic acids is 2. The molecule has 1 aromatic carbocycles. The molecule has 2 N–H and O–H groups in total. The van der Waals surface area contributed by atoms with Gasteiger partial charge in [-0.25, -0.2) is 0 Å². The molecule has 1 fully saturated rings. The molecule has 0 saturated heterocycles. The van der Waals surface area contributed by atoms with E-state index in [0.29, 0.717) is 18.7 Å². The summed E-state index contributed by atoms with van der Waals surface area (Å²) in [5, 5.41) is 5.43. The van der Waals surface area contributed by atoms with Crippen LogP contribution in [0, 0.1) is 19.8 Å². The van der Waals surface area contributed by atoms with Gasteiger partial charge < -0.3 is 15.4 Å². The van der Waals surface area contributed by atoms with E-state index in [0.717, 1.165) is 30.1 Å². The van der Waals surface area contributed by atoms with Crippen LogP contribution in [0.1, 0.15) is 40.7 Å². The number of hydrogen-bond donors (Lipinski definition) is 2. The van der Waals surface area contributed by atoms with Crippen molar-refractivity contribution in [3.8, 4) is 0 Å². The molecule has 126 valence electrons. The Balaban J connectivity index is 1.58. The normalized spacial score (nSPS) is 13.7. The topological polar surface area (TPSA) is 67.4 Å². The monoisotopic (exact) mass is 318 g/mol. The van der Waals surface area contributed by atoms with E-state index < -0.39 is 0 Å². The average molecular weight is 318 g/mol. The third-order valence-corrected chi connectivity index (χ3v) is 3.73. The van der Waals surface area contributed by atoms with Crippen LogP contribution in [-0.4, -0.2) is 38.1 Å². The lowest BCUT2D eigenvalue weighted by atomic mass is 10.1. The lowest BCUT2D eigenvalue weighted by Gasteiger charge is -2.08. The summed E-state index contributed by atoms with van der Waals surface area (Å²) in [5.74, 6) is 0.370. The van der Waals surface area contributed by atoms with Gasteiger partial charge in [-0.15, -0.1) is 0 Å². The number of aryl methyl sites for hydroxylation is 2. The molecule has 0 atom stereocenters. The molecule has 1 aliphatic carbocycles. The summed E-state index contributed by atoms with van der Waals surface area (Å²) in [6.45, 7) is 5.98. The van der Waals surface area contributed by atoms with Crippen LogP contribution in [-0.2, 0) is 9.53 Å². The van der Waals surface area contributed by atoms with E-state index >= 15 is 0 Å². The first-order valence-electron chi connectivity index (χ1n) is 8.25. The number of hydrogen-bond acceptors (Lipinski definition) is 3. The van der Waals surface area contributed by atoms with Gasteiger partial charge >= 0.3 is 0 Å². The van der Waals surface area contributed by atoms with Crippen LogP contribution < -0.4 is 10.6 Å². The Morgan fingerprint density at radius 2 is 1.83 bits per heavy atom. The van der Waals surface area contributed by atoms with Crippen molar-refractivity contribution in [1.82, 2.24) is 10.6 Å². The predicted molar refractivity (Wildman–Crippen MR) is 89.4 cm³/mol. The Bertz CT molecular complexity index is 533. The third kappa shape index (κ3) is 6.82. The zero-order valence-electron chi connectivity index (χ0n) is 14.0. The van der Waals surface area contributed by atoms with Crippen LogP contribution in [0.15, 0.2) is 18.2 Å². The van der Waals surface area contributed by atoms with E-state index in [-0.39, 0.29) is 18.4 Å². The van der Waals surface area contributed by atoms with Gasteiger partial charge in [0.1, 0.15) is 0 Å². The highest BCUT2D eigenvalue weighted by atomic mass is 16.5. The first-order chi connectivity index (χ1) is 11.0. The molecule has 1 aliphatic rings. The van der Waals surface area contributed by atoms with Crippen LogP contribution in [0.3, 0.4) is 0 Å². The first kappa shape index (κ1) is 17.5. The smallest absolute Gasteiger partial charge is 0.251 e. The fourth-order valence-corrected chi connectivity index (χ4v) is 2.37. The van der Waals surface area contributed by atoms with E-state index in [9.17, 15) is 9.59 Å². The van der Waals surface area contributed by atoms with E-state index in [1.54, 1.807) is 0 Å². The molecule has 1 saturated carbocycles. The fraction of sp³-hybridized carbons (Fsp3) is 0.556. The molecule has 2 amide bonds. The second-order valence-electron chi connectivity index (χ2n) is 6.28. The summed E-state index contributed by atoms with van der Waals surface area (Å²) in [5.41, 5.74) is 2.65. The van der Waals surface area contributed by atoms with Crippen molar-refractivity contribution >= 4 is 11.8 Å². The van der Waals surface area contributed by atoms with Crippen molar-refractivity contribution in [1.29, 1.82) is 0 Å². The summed E-state index contributed by atoms with van der Waals surface area (Å²) >= 11 is 0. The summed E-state index contributed by atoms with van der Waals surface area (Å²) in [6.07, 6.45) is 3.37. The van der Waals surface area contributed by atoms with Gasteiger partial charge in [0.25, 0.3) is 5.91 Å². The molecule has 5 nitrogen and oxygen atoms in total. The molecule has 0 heterocycles. The van der Waals surface area contributed by atoms with Gasteiger partial charge in [-0.1, -0.05) is 17.2 Å². The minimum Gasteiger partial charge on any atom is -0.381 e. The highest BCUT2D eigenvalue weighted by Crippen LogP contribution is 2.28. The number of ether oxygens (including phenoxy) is 1. The molecule has 0 bridgehead atoms. The Hall–Kier alpha value is -1.88. The number of rotatable bonds is 9. The quantitative estimate of drug-likeness (QED) is 0.684. The molecule has 0 radical (unpaired) electrons. The third-order valence-electron chi connectivity index (χ3n) is 3.73. The molecular formula is C18H26N2O3. The lowest BCUT2D eigenvalue weighted by Crippen LogP contribution is -2.37. The molecule has 0 aromatic heterocycles. The maximum absolute atomic E-state index is 12.0. The van der Waals surface area contributed by atoms with Crippen molar-refractivity contribution in [3.05, 3.63) is 34.9 Å². The van der Waals surface area contributed by atoms with Gasteiger partial charge in [0.15, 0.2) is 0 Å². The summed E-state index contributed by atoms with van der Waals surface area (Å²) in [7, 11) is 0. The average Bonchev–Trinajstić information content (AvgIpc) is 3.31. The number of benzene rings is 1. The van der Waals surface area contributed by atoms with E-state index in [4.69, 9.17) is 4.74 Å². The van der Waals surface area contributed by atoms with Crippen LogP contribution in [0.2, 0.25) is 0 Å². The zero-order chi connectivity index (χ0) is 16.7. The van der Waals surface area contributed by atoms with E-state index in [1.165, 1.54) is 12.8 Å². The Morgan fingerprint density at radius 1 is 1.13 bits per heavy atom. The highest BCUT2D eigenvalue weighted by molar-refractivity contribution is 5.96. The summed E-state index contributed by atoms with van der Waals surface area (Å²) in [6, 6.07) is 5.64. The molecule has 23 heavy (non-hydrogen) atoms. The van der Waals surface area contributed by atoms with Crippen molar-refractivity contribution in [2.75, 3.05) is 26.3 Å². The fourth-order valence-electron chi connectivity index (χ4n) is 2.37. The first-order valence-corrected chi connectivity index (χ1v) is 8.25. The number of amides is 2. The maximum atomic E-state index is 12.0. The second-order valence-corrected chi connectivity index (χ2v) is 6.28. The largest absolute Gasteiger partial charge is 0.381 e. The lowest BCUT2D eigenvalue weighted by molar-refractivity contribution is -0.120. The molecule has 0 spiro atoms. The second kappa shape index (κ2) is 8.67. The Kier molecular flexibility index (Phi) is 6.59. The highest BCUT2D eigenvalue weighted by Gasteiger charge is 2.20. The van der Waals surface area contributed by atoms with Gasteiger partial charge in [-0.05, 0) is 51.2 Å². The maximum Gasteiger partial charge on any atom is 0.251 e. The van der Waals surface area contributed by atoms with Crippen LogP contribution >= 0.6 is 0 Å². The minimum atomic E-state index is -0.222. The van der Waals surface area contributed by atoms with Crippen LogP contribution in [0.4, 0.5) is 0 Å². The van der Waals surface area contributed by atoms with Gasteiger partial charge in [-0.3, -0.25) is 9.59 Å². The summed E-state index contributed by atoms with van der Waals surface area (Å²) < 4.78 is 5.50. The molecule has 0 aliphatic heterocycles. The van der Waals surface area contributed by atoms with Gasteiger partial charge in [0, 0.05) is 25.3 Å². The standard InChI is InChI=1S/C18H26N2O3/c1-13-8-14(2)10-16(9-13)18(22)20-11-17(21)19-6-3-7-23-12-15-4-5-15/h8-10,15H,3-7,11-12H2,1-2H3,(H,19,21)(H,20,22).